The van der Waals surface area contributed by atoms with E-state index in [0.717, 1.165) is 5.56 Å². The average molecular weight is 332 g/mol. The maximum Gasteiger partial charge on any atom is 0.270 e. The zero-order chi connectivity index (χ0) is 14.8. The molecule has 0 aliphatic carbocycles. The summed E-state index contributed by atoms with van der Waals surface area (Å²) >= 11 is 12.6. The molecule has 1 aliphatic rings. The molecule has 0 spiro atoms. The number of amides is 1. The van der Waals surface area contributed by atoms with E-state index in [1.165, 1.54) is 16.7 Å². The molecule has 0 unspecified atom stereocenters. The van der Waals surface area contributed by atoms with Crippen LogP contribution >= 0.6 is 35.6 Å². The van der Waals surface area contributed by atoms with Crippen LogP contribution in [-0.2, 0) is 4.79 Å². The van der Waals surface area contributed by atoms with Gasteiger partial charge in [0.1, 0.15) is 0 Å². The van der Waals surface area contributed by atoms with Crippen molar-refractivity contribution in [2.45, 2.75) is 0 Å². The number of rotatable bonds is 2. The number of carbonyl (C=O) groups excluding carboxylic acids is 1. The molecule has 2 aromatic carbocycles. The van der Waals surface area contributed by atoms with E-state index in [9.17, 15) is 4.79 Å². The summed E-state index contributed by atoms with van der Waals surface area (Å²) < 4.78 is 0.518. The van der Waals surface area contributed by atoms with Gasteiger partial charge in [0.2, 0.25) is 0 Å². The minimum Gasteiger partial charge on any atom is -0.268 e. The lowest BCUT2D eigenvalue weighted by Crippen LogP contribution is -2.27. The first-order valence-corrected chi connectivity index (χ1v) is 7.84. The van der Waals surface area contributed by atoms with Gasteiger partial charge in [-0.05, 0) is 29.8 Å². The van der Waals surface area contributed by atoms with E-state index in [4.69, 9.17) is 23.8 Å². The van der Waals surface area contributed by atoms with Gasteiger partial charge in [-0.2, -0.15) is 0 Å². The highest BCUT2D eigenvalue weighted by atomic mass is 35.5. The van der Waals surface area contributed by atoms with Gasteiger partial charge < -0.3 is 0 Å². The van der Waals surface area contributed by atoms with Crippen LogP contribution in [0.4, 0.5) is 5.69 Å². The first kappa shape index (κ1) is 14.3. The number of hydrogen-bond donors (Lipinski definition) is 0. The Labute approximate surface area is 137 Å². The molecule has 0 saturated carbocycles. The van der Waals surface area contributed by atoms with E-state index < -0.39 is 0 Å². The van der Waals surface area contributed by atoms with Crippen molar-refractivity contribution in [1.29, 1.82) is 0 Å². The van der Waals surface area contributed by atoms with Gasteiger partial charge in [0, 0.05) is 5.02 Å². The summed E-state index contributed by atoms with van der Waals surface area (Å²) in [5.74, 6) is -0.115. The lowest BCUT2D eigenvalue weighted by Gasteiger charge is -2.14. The number of anilines is 1. The second-order valence-electron chi connectivity index (χ2n) is 4.41. The molecule has 1 aliphatic heterocycles. The van der Waals surface area contributed by atoms with Crippen LogP contribution in [0.25, 0.3) is 6.08 Å². The number of benzene rings is 2. The van der Waals surface area contributed by atoms with Gasteiger partial charge in [-0.3, -0.25) is 9.69 Å². The Bertz CT molecular complexity index is 743. The third kappa shape index (κ3) is 3.02. The van der Waals surface area contributed by atoms with Crippen LogP contribution in [0.2, 0.25) is 5.02 Å². The number of thiocarbonyl (C=S) groups is 1. The molecule has 0 bridgehead atoms. The highest BCUT2D eigenvalue weighted by Gasteiger charge is 2.33. The summed E-state index contributed by atoms with van der Waals surface area (Å²) in [4.78, 5) is 14.7. The van der Waals surface area contributed by atoms with Gasteiger partial charge in [-0.1, -0.05) is 72.0 Å². The molecular formula is C16H10ClNOS2. The molecule has 104 valence electrons. The van der Waals surface area contributed by atoms with E-state index >= 15 is 0 Å². The molecule has 21 heavy (non-hydrogen) atoms. The van der Waals surface area contributed by atoms with Gasteiger partial charge in [-0.15, -0.1) is 0 Å². The average Bonchev–Trinajstić information content (AvgIpc) is 2.74. The SMILES string of the molecule is O=C1C(=Cc2ccccc2)SC(=S)N1c1cccc(Cl)c1. The number of carbonyl (C=O) groups is 1. The van der Waals surface area contributed by atoms with E-state index in [1.807, 2.05) is 42.5 Å². The topological polar surface area (TPSA) is 20.3 Å². The third-order valence-electron chi connectivity index (χ3n) is 2.96. The number of hydrogen-bond acceptors (Lipinski definition) is 3. The van der Waals surface area contributed by atoms with E-state index in [2.05, 4.69) is 0 Å². The molecule has 1 fully saturated rings. The van der Waals surface area contributed by atoms with Crippen molar-refractivity contribution in [2.24, 2.45) is 0 Å². The fourth-order valence-corrected chi connectivity index (χ4v) is 3.49. The number of halogens is 1. The Morgan fingerprint density at radius 2 is 1.86 bits per heavy atom. The van der Waals surface area contributed by atoms with Gasteiger partial charge >= 0.3 is 0 Å². The predicted octanol–water partition coefficient (Wildman–Crippen LogP) is 4.75. The van der Waals surface area contributed by atoms with Gasteiger partial charge in [-0.25, -0.2) is 0 Å². The Hall–Kier alpha value is -1.62. The molecule has 1 heterocycles. The Morgan fingerprint density at radius 3 is 2.57 bits per heavy atom. The first-order chi connectivity index (χ1) is 10.1. The third-order valence-corrected chi connectivity index (χ3v) is 4.49. The fourth-order valence-electron chi connectivity index (χ4n) is 2.01. The molecule has 5 heteroatoms. The fraction of sp³-hybridized carbons (Fsp3) is 0. The molecule has 0 atom stereocenters. The monoisotopic (exact) mass is 331 g/mol. The number of nitrogens with zero attached hydrogens (tertiary/aromatic N) is 1. The smallest absolute Gasteiger partial charge is 0.268 e. The van der Waals surface area contributed by atoms with Crippen molar-refractivity contribution < 1.29 is 4.79 Å². The molecule has 0 aromatic heterocycles. The molecule has 2 nitrogen and oxygen atoms in total. The highest BCUT2D eigenvalue weighted by Crippen LogP contribution is 2.36. The van der Waals surface area contributed by atoms with Crippen LogP contribution in [-0.4, -0.2) is 10.2 Å². The Morgan fingerprint density at radius 1 is 1.10 bits per heavy atom. The van der Waals surface area contributed by atoms with Crippen LogP contribution in [0.3, 0.4) is 0 Å². The van der Waals surface area contributed by atoms with Crippen LogP contribution in [0.1, 0.15) is 5.56 Å². The van der Waals surface area contributed by atoms with Crippen LogP contribution in [0.15, 0.2) is 59.5 Å². The molecule has 0 N–H and O–H groups in total. The lowest BCUT2D eigenvalue weighted by molar-refractivity contribution is -0.113. The van der Waals surface area contributed by atoms with E-state index in [1.54, 1.807) is 18.2 Å². The molecule has 3 rings (SSSR count). The largest absolute Gasteiger partial charge is 0.270 e. The zero-order valence-corrected chi connectivity index (χ0v) is 13.2. The second-order valence-corrected chi connectivity index (χ2v) is 6.52. The first-order valence-electron chi connectivity index (χ1n) is 6.24. The van der Waals surface area contributed by atoms with Gasteiger partial charge in [0.15, 0.2) is 4.32 Å². The van der Waals surface area contributed by atoms with Crippen molar-refractivity contribution in [1.82, 2.24) is 0 Å². The molecule has 0 radical (unpaired) electrons. The predicted molar refractivity (Wildman–Crippen MR) is 93.5 cm³/mol. The van der Waals surface area contributed by atoms with Crippen molar-refractivity contribution in [3.05, 3.63) is 70.1 Å². The summed E-state index contributed by atoms with van der Waals surface area (Å²) in [5, 5.41) is 0.577. The van der Waals surface area contributed by atoms with Crippen LogP contribution in [0, 0.1) is 0 Å². The summed E-state index contributed by atoms with van der Waals surface area (Å²) in [7, 11) is 0. The van der Waals surface area contributed by atoms with Crippen molar-refractivity contribution >= 4 is 57.6 Å². The minimum atomic E-state index is -0.115. The maximum atomic E-state index is 12.5. The highest BCUT2D eigenvalue weighted by molar-refractivity contribution is 8.27. The normalized spacial score (nSPS) is 16.8. The maximum absolute atomic E-state index is 12.5. The standard InChI is InChI=1S/C16H10ClNOS2/c17-12-7-4-8-13(10-12)18-15(19)14(21-16(18)20)9-11-5-2-1-3-6-11/h1-10H. The van der Waals surface area contributed by atoms with Crippen molar-refractivity contribution in [3.63, 3.8) is 0 Å². The van der Waals surface area contributed by atoms with E-state index in [-0.39, 0.29) is 5.91 Å². The molecule has 1 amide bonds. The summed E-state index contributed by atoms with van der Waals surface area (Å²) in [5.41, 5.74) is 1.67. The van der Waals surface area contributed by atoms with Gasteiger partial charge in [0.05, 0.1) is 10.6 Å². The molecular weight excluding hydrogens is 322 g/mol. The molecule has 1 saturated heterocycles. The summed E-state index contributed by atoms with van der Waals surface area (Å²) in [6.07, 6.45) is 1.85. The quantitative estimate of drug-likeness (QED) is 0.585. The van der Waals surface area contributed by atoms with Crippen LogP contribution in [0.5, 0.6) is 0 Å². The summed E-state index contributed by atoms with van der Waals surface area (Å²) in [6, 6.07) is 16.8. The Kier molecular flexibility index (Phi) is 4.10. The van der Waals surface area contributed by atoms with Gasteiger partial charge in [0.25, 0.3) is 5.91 Å². The molecule has 2 aromatic rings. The Balaban J connectivity index is 1.94. The van der Waals surface area contributed by atoms with Crippen molar-refractivity contribution in [3.8, 4) is 0 Å². The van der Waals surface area contributed by atoms with Crippen LogP contribution < -0.4 is 4.90 Å². The second kappa shape index (κ2) is 6.02. The minimum absolute atomic E-state index is 0.115. The van der Waals surface area contributed by atoms with E-state index in [0.29, 0.717) is 19.9 Å². The summed E-state index contributed by atoms with van der Waals surface area (Å²) in [6.45, 7) is 0. The lowest BCUT2D eigenvalue weighted by atomic mass is 10.2. The number of thioether (sulfide) groups is 1. The zero-order valence-electron chi connectivity index (χ0n) is 10.8. The van der Waals surface area contributed by atoms with Crippen molar-refractivity contribution in [2.75, 3.05) is 4.90 Å².